The molecule has 0 aliphatic carbocycles. The van der Waals surface area contributed by atoms with E-state index >= 15 is 0 Å². The van der Waals surface area contributed by atoms with Crippen LogP contribution in [0.1, 0.15) is 18.9 Å². The van der Waals surface area contributed by atoms with Crippen molar-refractivity contribution in [1.82, 2.24) is 15.0 Å². The van der Waals surface area contributed by atoms with Crippen LogP contribution in [0.25, 0.3) is 16.9 Å². The van der Waals surface area contributed by atoms with Crippen molar-refractivity contribution in [2.45, 2.75) is 19.8 Å². The van der Waals surface area contributed by atoms with E-state index in [-0.39, 0.29) is 0 Å². The first-order valence-corrected chi connectivity index (χ1v) is 8.23. The van der Waals surface area contributed by atoms with Crippen molar-refractivity contribution in [2.75, 3.05) is 6.61 Å². The average molecular weight is 319 g/mol. The molecule has 24 heavy (non-hydrogen) atoms. The van der Waals surface area contributed by atoms with E-state index in [2.05, 4.69) is 40.7 Å². The first kappa shape index (κ1) is 16.0. The number of aromatic nitrogens is 3. The summed E-state index contributed by atoms with van der Waals surface area (Å²) in [5.74, 6) is 0.683. The smallest absolute Gasteiger partial charge is 0.216 e. The van der Waals surface area contributed by atoms with Crippen LogP contribution in [0.5, 0.6) is 0 Å². The molecule has 0 fully saturated rings. The highest BCUT2D eigenvalue weighted by molar-refractivity contribution is 5.76. The Bertz CT molecular complexity index is 834. The number of nitrogens with zero attached hydrogens (tertiary/aromatic N) is 3. The molecule has 0 spiro atoms. The fourth-order valence-electron chi connectivity index (χ4n) is 2.50. The molecule has 0 bridgehead atoms. The molecule has 0 aliphatic rings. The lowest BCUT2D eigenvalue weighted by Gasteiger charge is -2.07. The van der Waals surface area contributed by atoms with Gasteiger partial charge in [0.25, 0.3) is 0 Å². The molecule has 4 nitrogen and oxygen atoms in total. The molecule has 0 radical (unpaired) electrons. The average Bonchev–Trinajstić information content (AvgIpc) is 3.05. The van der Waals surface area contributed by atoms with Crippen molar-refractivity contribution >= 4 is 16.9 Å². The van der Waals surface area contributed by atoms with Crippen LogP contribution in [-0.2, 0) is 11.2 Å². The lowest BCUT2D eigenvalue weighted by atomic mass is 10.1. The lowest BCUT2D eigenvalue weighted by Crippen LogP contribution is -2.03. The largest absolute Gasteiger partial charge is 0.478 e. The van der Waals surface area contributed by atoms with Gasteiger partial charge in [0.15, 0.2) is 0 Å². The van der Waals surface area contributed by atoms with Crippen LogP contribution in [0.4, 0.5) is 0 Å². The van der Waals surface area contributed by atoms with Gasteiger partial charge in [-0.15, -0.1) is 5.10 Å². The first-order valence-electron chi connectivity index (χ1n) is 8.23. The SMILES string of the molecule is CCOC(=CC=CCCc1ccccc1)n1nnc2ccccc21. The van der Waals surface area contributed by atoms with Gasteiger partial charge in [-0.25, -0.2) is 0 Å². The van der Waals surface area contributed by atoms with Gasteiger partial charge < -0.3 is 4.74 Å². The summed E-state index contributed by atoms with van der Waals surface area (Å²) in [5, 5.41) is 8.37. The van der Waals surface area contributed by atoms with Crippen LogP contribution < -0.4 is 0 Å². The van der Waals surface area contributed by atoms with Gasteiger partial charge in [0.05, 0.1) is 12.1 Å². The van der Waals surface area contributed by atoms with Crippen LogP contribution in [0.15, 0.2) is 72.8 Å². The molecule has 3 rings (SSSR count). The van der Waals surface area contributed by atoms with E-state index in [0.717, 1.165) is 23.9 Å². The van der Waals surface area contributed by atoms with E-state index in [1.165, 1.54) is 5.56 Å². The molecule has 3 aromatic rings. The monoisotopic (exact) mass is 319 g/mol. The zero-order valence-electron chi connectivity index (χ0n) is 13.8. The fourth-order valence-corrected chi connectivity index (χ4v) is 2.50. The number of hydrogen-bond acceptors (Lipinski definition) is 3. The number of fused-ring (bicyclic) bond motifs is 1. The minimum atomic E-state index is 0.581. The number of aryl methyl sites for hydroxylation is 1. The molecule has 0 saturated carbocycles. The summed E-state index contributed by atoms with van der Waals surface area (Å²) in [6.45, 7) is 2.55. The maximum Gasteiger partial charge on any atom is 0.216 e. The quantitative estimate of drug-likeness (QED) is 0.477. The molecule has 1 heterocycles. The normalized spacial score (nSPS) is 12.1. The summed E-state index contributed by atoms with van der Waals surface area (Å²) < 4.78 is 7.47. The number of para-hydroxylation sites is 1. The highest BCUT2D eigenvalue weighted by Gasteiger charge is 2.08. The Kier molecular flexibility index (Phi) is 5.40. The Morgan fingerprint density at radius 3 is 2.71 bits per heavy atom. The van der Waals surface area contributed by atoms with E-state index < -0.39 is 0 Å². The van der Waals surface area contributed by atoms with Crippen molar-refractivity contribution in [1.29, 1.82) is 0 Å². The van der Waals surface area contributed by atoms with Crippen molar-refractivity contribution < 1.29 is 4.74 Å². The van der Waals surface area contributed by atoms with Gasteiger partial charge in [0.1, 0.15) is 5.52 Å². The Labute approximate surface area is 142 Å². The molecule has 0 atom stereocenters. The van der Waals surface area contributed by atoms with Gasteiger partial charge in [-0.2, -0.15) is 4.68 Å². The summed E-state index contributed by atoms with van der Waals surface area (Å²) in [5.41, 5.74) is 3.14. The number of benzene rings is 2. The van der Waals surface area contributed by atoms with Crippen LogP contribution >= 0.6 is 0 Å². The van der Waals surface area contributed by atoms with Crippen LogP contribution in [0.3, 0.4) is 0 Å². The lowest BCUT2D eigenvalue weighted by molar-refractivity contribution is 0.273. The standard InChI is InChI=1S/C20H21N3O/c1-2-24-20(23-19-15-10-9-14-18(19)21-22-23)16-8-4-7-13-17-11-5-3-6-12-17/h3-6,8-12,14-16H,2,7,13H2,1H3. The second-order valence-corrected chi connectivity index (χ2v) is 5.38. The van der Waals surface area contributed by atoms with E-state index in [1.807, 2.05) is 49.4 Å². The predicted molar refractivity (Wildman–Crippen MR) is 97.3 cm³/mol. The maximum atomic E-state index is 5.73. The molecule has 2 aromatic carbocycles. The molecule has 4 heteroatoms. The summed E-state index contributed by atoms with van der Waals surface area (Å²) >= 11 is 0. The summed E-state index contributed by atoms with van der Waals surface area (Å²) in [7, 11) is 0. The molecular weight excluding hydrogens is 298 g/mol. The molecule has 122 valence electrons. The minimum Gasteiger partial charge on any atom is -0.478 e. The molecule has 0 N–H and O–H groups in total. The van der Waals surface area contributed by atoms with Crippen molar-refractivity contribution in [3.8, 4) is 0 Å². The first-order chi connectivity index (χ1) is 11.9. The second kappa shape index (κ2) is 8.11. The van der Waals surface area contributed by atoms with Gasteiger partial charge in [-0.05, 0) is 37.5 Å². The van der Waals surface area contributed by atoms with Crippen molar-refractivity contribution in [2.24, 2.45) is 0 Å². The minimum absolute atomic E-state index is 0.581. The highest BCUT2D eigenvalue weighted by Crippen LogP contribution is 2.16. The topological polar surface area (TPSA) is 39.9 Å². The van der Waals surface area contributed by atoms with E-state index in [1.54, 1.807) is 4.68 Å². The Balaban J connectivity index is 1.71. The van der Waals surface area contributed by atoms with E-state index in [0.29, 0.717) is 12.5 Å². The summed E-state index contributed by atoms with van der Waals surface area (Å²) in [6, 6.07) is 18.3. The molecule has 1 aromatic heterocycles. The predicted octanol–water partition coefficient (Wildman–Crippen LogP) is 4.46. The van der Waals surface area contributed by atoms with Gasteiger partial charge in [-0.1, -0.05) is 59.8 Å². The van der Waals surface area contributed by atoms with Gasteiger partial charge in [0, 0.05) is 6.08 Å². The van der Waals surface area contributed by atoms with Crippen molar-refractivity contribution in [3.63, 3.8) is 0 Å². The Morgan fingerprint density at radius 2 is 1.88 bits per heavy atom. The number of rotatable bonds is 7. The maximum absolute atomic E-state index is 5.73. The fraction of sp³-hybridized carbons (Fsp3) is 0.200. The van der Waals surface area contributed by atoms with Crippen molar-refractivity contribution in [3.05, 3.63) is 78.4 Å². The molecule has 0 aliphatic heterocycles. The number of allylic oxidation sites excluding steroid dienone is 3. The third-order valence-electron chi connectivity index (χ3n) is 3.67. The molecule has 0 unspecified atom stereocenters. The Morgan fingerprint density at radius 1 is 1.08 bits per heavy atom. The summed E-state index contributed by atoms with van der Waals surface area (Å²) in [6.07, 6.45) is 8.12. The van der Waals surface area contributed by atoms with Gasteiger partial charge >= 0.3 is 0 Å². The third-order valence-corrected chi connectivity index (χ3v) is 3.67. The van der Waals surface area contributed by atoms with Gasteiger partial charge in [-0.3, -0.25) is 0 Å². The zero-order valence-corrected chi connectivity index (χ0v) is 13.8. The van der Waals surface area contributed by atoms with Crippen LogP contribution in [0, 0.1) is 0 Å². The second-order valence-electron chi connectivity index (χ2n) is 5.38. The van der Waals surface area contributed by atoms with E-state index in [9.17, 15) is 0 Å². The van der Waals surface area contributed by atoms with Gasteiger partial charge in [0.2, 0.25) is 5.88 Å². The van der Waals surface area contributed by atoms with Crippen LogP contribution in [-0.4, -0.2) is 21.6 Å². The van der Waals surface area contributed by atoms with Crippen LogP contribution in [0.2, 0.25) is 0 Å². The Hall–Kier alpha value is -2.88. The number of ether oxygens (including phenoxy) is 1. The number of hydrogen-bond donors (Lipinski definition) is 0. The summed E-state index contributed by atoms with van der Waals surface area (Å²) in [4.78, 5) is 0. The molecule has 0 saturated heterocycles. The third kappa shape index (κ3) is 3.90. The van der Waals surface area contributed by atoms with E-state index in [4.69, 9.17) is 4.74 Å². The molecule has 0 amide bonds. The zero-order chi connectivity index (χ0) is 16.6. The molecular formula is C20H21N3O. The highest BCUT2D eigenvalue weighted by atomic mass is 16.5.